The van der Waals surface area contributed by atoms with E-state index in [9.17, 15) is 8.78 Å². The second kappa shape index (κ2) is 4.71. The molecular weight excluding hydrogens is 196 g/mol. The van der Waals surface area contributed by atoms with Crippen LogP contribution in [-0.4, -0.2) is 6.54 Å². The van der Waals surface area contributed by atoms with Crippen LogP contribution in [0.15, 0.2) is 24.3 Å². The van der Waals surface area contributed by atoms with Gasteiger partial charge in [0.25, 0.3) is 5.92 Å². The summed E-state index contributed by atoms with van der Waals surface area (Å²) in [5.41, 5.74) is 6.62. The molecule has 1 atom stereocenters. The molecule has 1 rings (SSSR count). The highest BCUT2D eigenvalue weighted by Gasteiger charge is 2.23. The molecule has 1 unspecified atom stereocenters. The predicted octanol–water partition coefficient (Wildman–Crippen LogP) is 2.94. The Hall–Kier alpha value is -0.960. The molecule has 0 bridgehead atoms. The summed E-state index contributed by atoms with van der Waals surface area (Å²) in [4.78, 5) is 0. The number of hydrogen-bond acceptors (Lipinski definition) is 1. The molecule has 1 aromatic carbocycles. The van der Waals surface area contributed by atoms with Gasteiger partial charge in [0.15, 0.2) is 0 Å². The Kier molecular flexibility index (Phi) is 3.80. The largest absolute Gasteiger partial charge is 0.330 e. The number of rotatable bonds is 4. The highest BCUT2D eigenvalue weighted by atomic mass is 19.3. The molecule has 0 amide bonds. The number of nitrogens with two attached hydrogens (primary N) is 1. The van der Waals surface area contributed by atoms with Gasteiger partial charge in [0.05, 0.1) is 0 Å². The first-order chi connectivity index (χ1) is 6.93. The first-order valence-corrected chi connectivity index (χ1v) is 5.10. The molecule has 0 fully saturated rings. The van der Waals surface area contributed by atoms with E-state index in [-0.39, 0.29) is 5.56 Å². The number of alkyl halides is 2. The summed E-state index contributed by atoms with van der Waals surface area (Å²) in [6.45, 7) is 3.57. The predicted molar refractivity (Wildman–Crippen MR) is 57.9 cm³/mol. The molecule has 0 aliphatic rings. The van der Waals surface area contributed by atoms with Crippen molar-refractivity contribution in [3.63, 3.8) is 0 Å². The van der Waals surface area contributed by atoms with Crippen molar-refractivity contribution in [3.8, 4) is 0 Å². The normalized spacial score (nSPS) is 13.9. The standard InChI is InChI=1S/C12H17F2N/c1-9(8-15)7-10-3-5-11(6-4-10)12(2,13)14/h3-6,9H,7-8,15H2,1-2H3. The fourth-order valence-electron chi connectivity index (χ4n) is 1.42. The van der Waals surface area contributed by atoms with Crippen LogP contribution in [0.1, 0.15) is 25.0 Å². The summed E-state index contributed by atoms with van der Waals surface area (Å²) in [6.07, 6.45) is 0.839. The first-order valence-electron chi connectivity index (χ1n) is 5.10. The average Bonchev–Trinajstić information content (AvgIpc) is 2.17. The van der Waals surface area contributed by atoms with Gasteiger partial charge < -0.3 is 5.73 Å². The topological polar surface area (TPSA) is 26.0 Å². The Morgan fingerprint density at radius 3 is 2.20 bits per heavy atom. The molecule has 0 radical (unpaired) electrons. The van der Waals surface area contributed by atoms with Gasteiger partial charge in [0, 0.05) is 12.5 Å². The van der Waals surface area contributed by atoms with Crippen LogP contribution in [0.3, 0.4) is 0 Å². The minimum Gasteiger partial charge on any atom is -0.330 e. The van der Waals surface area contributed by atoms with Gasteiger partial charge in [-0.25, -0.2) is 8.78 Å². The summed E-state index contributed by atoms with van der Waals surface area (Å²) < 4.78 is 25.8. The van der Waals surface area contributed by atoms with E-state index < -0.39 is 5.92 Å². The zero-order chi connectivity index (χ0) is 11.5. The lowest BCUT2D eigenvalue weighted by atomic mass is 9.99. The fraction of sp³-hybridized carbons (Fsp3) is 0.500. The van der Waals surface area contributed by atoms with Gasteiger partial charge in [0.2, 0.25) is 0 Å². The van der Waals surface area contributed by atoms with E-state index >= 15 is 0 Å². The van der Waals surface area contributed by atoms with E-state index in [4.69, 9.17) is 5.73 Å². The van der Waals surface area contributed by atoms with E-state index in [0.717, 1.165) is 18.9 Å². The molecule has 84 valence electrons. The molecule has 1 aromatic rings. The minimum atomic E-state index is -2.75. The van der Waals surface area contributed by atoms with Gasteiger partial charge in [-0.1, -0.05) is 31.2 Å². The maximum atomic E-state index is 12.9. The fourth-order valence-corrected chi connectivity index (χ4v) is 1.42. The summed E-state index contributed by atoms with van der Waals surface area (Å²) >= 11 is 0. The van der Waals surface area contributed by atoms with Crippen LogP contribution in [0.4, 0.5) is 8.78 Å². The summed E-state index contributed by atoms with van der Waals surface area (Å²) in [5.74, 6) is -2.36. The van der Waals surface area contributed by atoms with Crippen LogP contribution >= 0.6 is 0 Å². The Balaban J connectivity index is 2.73. The Morgan fingerprint density at radius 1 is 1.27 bits per heavy atom. The van der Waals surface area contributed by atoms with E-state index in [1.54, 1.807) is 12.1 Å². The number of halogens is 2. The van der Waals surface area contributed by atoms with Crippen molar-refractivity contribution in [2.45, 2.75) is 26.2 Å². The smallest absolute Gasteiger partial charge is 0.270 e. The van der Waals surface area contributed by atoms with Gasteiger partial charge in [-0.15, -0.1) is 0 Å². The highest BCUT2D eigenvalue weighted by molar-refractivity contribution is 5.25. The maximum absolute atomic E-state index is 12.9. The summed E-state index contributed by atoms with van der Waals surface area (Å²) in [7, 11) is 0. The van der Waals surface area contributed by atoms with Crippen molar-refractivity contribution < 1.29 is 8.78 Å². The zero-order valence-electron chi connectivity index (χ0n) is 9.13. The molecule has 0 saturated heterocycles. The van der Waals surface area contributed by atoms with E-state index in [1.165, 1.54) is 12.1 Å². The second-order valence-electron chi connectivity index (χ2n) is 4.13. The molecule has 0 spiro atoms. The lowest BCUT2D eigenvalue weighted by Gasteiger charge is -2.12. The van der Waals surface area contributed by atoms with Gasteiger partial charge in [-0.05, 0) is 24.4 Å². The molecule has 0 aliphatic heterocycles. The van der Waals surface area contributed by atoms with E-state index in [2.05, 4.69) is 0 Å². The Bertz CT molecular complexity index is 300. The summed E-state index contributed by atoms with van der Waals surface area (Å²) in [5, 5.41) is 0. The zero-order valence-corrected chi connectivity index (χ0v) is 9.13. The molecule has 0 saturated carbocycles. The van der Waals surface area contributed by atoms with Crippen molar-refractivity contribution >= 4 is 0 Å². The van der Waals surface area contributed by atoms with Crippen molar-refractivity contribution in [1.29, 1.82) is 0 Å². The van der Waals surface area contributed by atoms with Crippen LogP contribution in [0.25, 0.3) is 0 Å². The van der Waals surface area contributed by atoms with Crippen LogP contribution in [-0.2, 0) is 12.3 Å². The monoisotopic (exact) mass is 213 g/mol. The summed E-state index contributed by atoms with van der Waals surface area (Å²) in [6, 6.07) is 6.47. The molecular formula is C12H17F2N. The third-order valence-corrected chi connectivity index (χ3v) is 2.45. The first kappa shape index (κ1) is 12.1. The van der Waals surface area contributed by atoms with E-state index in [0.29, 0.717) is 12.5 Å². The van der Waals surface area contributed by atoms with Crippen LogP contribution in [0, 0.1) is 5.92 Å². The quantitative estimate of drug-likeness (QED) is 0.817. The van der Waals surface area contributed by atoms with Gasteiger partial charge in [0.1, 0.15) is 0 Å². The van der Waals surface area contributed by atoms with E-state index in [1.807, 2.05) is 6.92 Å². The average molecular weight is 213 g/mol. The molecule has 3 heteroatoms. The maximum Gasteiger partial charge on any atom is 0.270 e. The van der Waals surface area contributed by atoms with Gasteiger partial charge in [-0.2, -0.15) is 0 Å². The molecule has 15 heavy (non-hydrogen) atoms. The second-order valence-corrected chi connectivity index (χ2v) is 4.13. The number of hydrogen-bond donors (Lipinski definition) is 1. The van der Waals surface area contributed by atoms with Crippen LogP contribution in [0.2, 0.25) is 0 Å². The number of benzene rings is 1. The van der Waals surface area contributed by atoms with Crippen LogP contribution in [0.5, 0.6) is 0 Å². The minimum absolute atomic E-state index is 0.0617. The lowest BCUT2D eigenvalue weighted by Crippen LogP contribution is -2.13. The van der Waals surface area contributed by atoms with Crippen molar-refractivity contribution in [3.05, 3.63) is 35.4 Å². The third kappa shape index (κ3) is 3.59. The SMILES string of the molecule is CC(CN)Cc1ccc(C(C)(F)F)cc1. The van der Waals surface area contributed by atoms with Crippen molar-refractivity contribution in [2.75, 3.05) is 6.54 Å². The molecule has 1 nitrogen and oxygen atoms in total. The van der Waals surface area contributed by atoms with Gasteiger partial charge in [-0.3, -0.25) is 0 Å². The molecule has 2 N–H and O–H groups in total. The molecule has 0 aromatic heterocycles. The highest BCUT2D eigenvalue weighted by Crippen LogP contribution is 2.27. The lowest BCUT2D eigenvalue weighted by molar-refractivity contribution is 0.0174. The Labute approximate surface area is 89.3 Å². The van der Waals surface area contributed by atoms with Crippen molar-refractivity contribution in [2.24, 2.45) is 11.7 Å². The third-order valence-electron chi connectivity index (χ3n) is 2.45. The Morgan fingerprint density at radius 2 is 1.80 bits per heavy atom. The van der Waals surface area contributed by atoms with Crippen LogP contribution < -0.4 is 5.73 Å². The molecule has 0 aliphatic carbocycles. The van der Waals surface area contributed by atoms with Crippen molar-refractivity contribution in [1.82, 2.24) is 0 Å². The van der Waals surface area contributed by atoms with Gasteiger partial charge >= 0.3 is 0 Å². The molecule has 0 heterocycles.